The number of hydrogen-bond donors (Lipinski definition) is 2. The maximum atomic E-state index is 10.1. The fourth-order valence-corrected chi connectivity index (χ4v) is 1.06. The van der Waals surface area contributed by atoms with E-state index >= 15 is 0 Å². The number of aromatic nitrogens is 2. The van der Waals surface area contributed by atoms with Gasteiger partial charge in [0.1, 0.15) is 5.82 Å². The number of rotatable bonds is 5. The third-order valence-corrected chi connectivity index (χ3v) is 1.72. The van der Waals surface area contributed by atoms with Crippen LogP contribution in [0.2, 0.25) is 0 Å². The van der Waals surface area contributed by atoms with Gasteiger partial charge in [-0.3, -0.25) is 0 Å². The lowest BCUT2D eigenvalue weighted by Crippen LogP contribution is -2.21. The zero-order valence-electron chi connectivity index (χ0n) is 7.81. The highest BCUT2D eigenvalue weighted by Gasteiger charge is 1.96. The molecule has 14 heavy (non-hydrogen) atoms. The van der Waals surface area contributed by atoms with E-state index in [-0.39, 0.29) is 0 Å². The van der Waals surface area contributed by atoms with Gasteiger partial charge in [0.05, 0.1) is 0 Å². The molecule has 1 aromatic rings. The summed E-state index contributed by atoms with van der Waals surface area (Å²) in [5.41, 5.74) is 0. The molecule has 0 aliphatic heterocycles. The van der Waals surface area contributed by atoms with E-state index in [1.807, 2.05) is 0 Å². The summed E-state index contributed by atoms with van der Waals surface area (Å²) in [5.74, 6) is 0.808. The van der Waals surface area contributed by atoms with E-state index in [9.17, 15) is 4.79 Å². The number of nitrogens with one attached hydrogen (secondary N) is 1. The molecule has 1 aromatic heterocycles. The fraction of sp³-hybridized carbons (Fsp3) is 0.444. The van der Waals surface area contributed by atoms with Crippen LogP contribution in [0.25, 0.3) is 0 Å². The van der Waals surface area contributed by atoms with Crippen LogP contribution in [-0.2, 0) is 6.42 Å². The average Bonchev–Trinajstić information content (AvgIpc) is 2.18. The Morgan fingerprint density at radius 2 is 2.07 bits per heavy atom. The second kappa shape index (κ2) is 5.90. The van der Waals surface area contributed by atoms with Crippen LogP contribution >= 0.6 is 0 Å². The van der Waals surface area contributed by atoms with Gasteiger partial charge < -0.3 is 10.4 Å². The van der Waals surface area contributed by atoms with Crippen LogP contribution in [0.3, 0.4) is 0 Å². The Hall–Kier alpha value is -1.65. The number of unbranched alkanes of at least 4 members (excludes halogenated alkanes) is 1. The third kappa shape index (κ3) is 4.39. The van der Waals surface area contributed by atoms with Crippen LogP contribution in [0.15, 0.2) is 18.5 Å². The van der Waals surface area contributed by atoms with E-state index in [1.54, 1.807) is 18.5 Å². The summed E-state index contributed by atoms with van der Waals surface area (Å²) in [5, 5.41) is 10.6. The molecule has 1 rings (SSSR count). The van der Waals surface area contributed by atoms with Crippen molar-refractivity contribution < 1.29 is 9.90 Å². The fourth-order valence-electron chi connectivity index (χ4n) is 1.06. The molecule has 5 nitrogen and oxygen atoms in total. The maximum absolute atomic E-state index is 10.1. The van der Waals surface area contributed by atoms with Crippen molar-refractivity contribution in [3.05, 3.63) is 24.3 Å². The quantitative estimate of drug-likeness (QED) is 0.689. The number of hydrogen-bond acceptors (Lipinski definition) is 3. The minimum atomic E-state index is -0.971. The van der Waals surface area contributed by atoms with Gasteiger partial charge >= 0.3 is 6.09 Å². The second-order valence-corrected chi connectivity index (χ2v) is 2.85. The summed E-state index contributed by atoms with van der Waals surface area (Å²) in [6.07, 6.45) is 4.94. The second-order valence-electron chi connectivity index (χ2n) is 2.85. The molecule has 0 unspecified atom stereocenters. The zero-order chi connectivity index (χ0) is 10.2. The molecule has 0 saturated heterocycles. The van der Waals surface area contributed by atoms with Crippen molar-refractivity contribution in [2.75, 3.05) is 6.54 Å². The van der Waals surface area contributed by atoms with Gasteiger partial charge in [0.15, 0.2) is 0 Å². The zero-order valence-corrected chi connectivity index (χ0v) is 7.81. The van der Waals surface area contributed by atoms with Crippen LogP contribution in [-0.4, -0.2) is 27.7 Å². The summed E-state index contributed by atoms with van der Waals surface area (Å²) in [7, 11) is 0. The lowest BCUT2D eigenvalue weighted by atomic mass is 10.2. The summed E-state index contributed by atoms with van der Waals surface area (Å²) >= 11 is 0. The average molecular weight is 195 g/mol. The molecule has 5 heteroatoms. The predicted octanol–water partition coefficient (Wildman–Crippen LogP) is 1.07. The number of aryl methyl sites for hydroxylation is 1. The van der Waals surface area contributed by atoms with Crippen molar-refractivity contribution in [3.63, 3.8) is 0 Å². The van der Waals surface area contributed by atoms with Crippen molar-refractivity contribution in [2.24, 2.45) is 0 Å². The highest BCUT2D eigenvalue weighted by atomic mass is 16.4. The Labute approximate surface area is 82.2 Å². The van der Waals surface area contributed by atoms with E-state index < -0.39 is 6.09 Å². The van der Waals surface area contributed by atoms with Crippen LogP contribution < -0.4 is 5.32 Å². The standard InChI is InChI=1S/C9H13N3O2/c13-9(14)12-5-2-1-4-8-10-6-3-7-11-8/h3,6-7,12H,1-2,4-5H2,(H,13,14). The first kappa shape index (κ1) is 10.4. The Morgan fingerprint density at radius 1 is 1.36 bits per heavy atom. The summed E-state index contributed by atoms with van der Waals surface area (Å²) < 4.78 is 0. The lowest BCUT2D eigenvalue weighted by Gasteiger charge is -2.00. The van der Waals surface area contributed by atoms with Crippen molar-refractivity contribution in [1.29, 1.82) is 0 Å². The van der Waals surface area contributed by atoms with E-state index in [4.69, 9.17) is 5.11 Å². The molecule has 1 heterocycles. The van der Waals surface area contributed by atoms with Gasteiger partial charge in [0, 0.05) is 25.4 Å². The molecule has 0 aromatic carbocycles. The maximum Gasteiger partial charge on any atom is 0.404 e. The molecular weight excluding hydrogens is 182 g/mol. The van der Waals surface area contributed by atoms with E-state index in [0.29, 0.717) is 6.54 Å². The molecule has 0 saturated carbocycles. The molecule has 0 aliphatic carbocycles. The van der Waals surface area contributed by atoms with Crippen molar-refractivity contribution in [1.82, 2.24) is 15.3 Å². The predicted molar refractivity (Wildman–Crippen MR) is 51.0 cm³/mol. The summed E-state index contributed by atoms with van der Waals surface area (Å²) in [6, 6.07) is 1.77. The first-order chi connectivity index (χ1) is 6.79. The van der Waals surface area contributed by atoms with E-state index in [0.717, 1.165) is 25.1 Å². The highest BCUT2D eigenvalue weighted by Crippen LogP contribution is 1.96. The highest BCUT2D eigenvalue weighted by molar-refractivity contribution is 5.64. The molecule has 76 valence electrons. The lowest BCUT2D eigenvalue weighted by molar-refractivity contribution is 0.194. The van der Waals surface area contributed by atoms with Crippen LogP contribution in [0.5, 0.6) is 0 Å². The van der Waals surface area contributed by atoms with Gasteiger partial charge in [0.2, 0.25) is 0 Å². The molecule has 0 fully saturated rings. The third-order valence-electron chi connectivity index (χ3n) is 1.72. The first-order valence-electron chi connectivity index (χ1n) is 4.52. The van der Waals surface area contributed by atoms with Gasteiger partial charge in [-0.15, -0.1) is 0 Å². The molecular formula is C9H13N3O2. The first-order valence-corrected chi connectivity index (χ1v) is 4.52. The van der Waals surface area contributed by atoms with Crippen LogP contribution in [0.1, 0.15) is 18.7 Å². The van der Waals surface area contributed by atoms with E-state index in [1.165, 1.54) is 0 Å². The Morgan fingerprint density at radius 3 is 2.71 bits per heavy atom. The largest absolute Gasteiger partial charge is 0.465 e. The summed E-state index contributed by atoms with van der Waals surface area (Å²) in [4.78, 5) is 18.2. The molecule has 2 N–H and O–H groups in total. The van der Waals surface area contributed by atoms with Gasteiger partial charge in [-0.05, 0) is 18.9 Å². The van der Waals surface area contributed by atoms with E-state index in [2.05, 4.69) is 15.3 Å². The minimum Gasteiger partial charge on any atom is -0.465 e. The summed E-state index contributed by atoms with van der Waals surface area (Å²) in [6.45, 7) is 0.488. The van der Waals surface area contributed by atoms with Crippen molar-refractivity contribution in [2.45, 2.75) is 19.3 Å². The molecule has 1 amide bonds. The number of carbonyl (C=O) groups is 1. The van der Waals surface area contributed by atoms with Crippen molar-refractivity contribution >= 4 is 6.09 Å². The topological polar surface area (TPSA) is 75.1 Å². The molecule has 0 atom stereocenters. The number of amides is 1. The van der Waals surface area contributed by atoms with Crippen LogP contribution in [0, 0.1) is 0 Å². The SMILES string of the molecule is O=C(O)NCCCCc1ncccn1. The van der Waals surface area contributed by atoms with Crippen LogP contribution in [0.4, 0.5) is 4.79 Å². The van der Waals surface area contributed by atoms with Gasteiger partial charge in [-0.25, -0.2) is 14.8 Å². The Kier molecular flexibility index (Phi) is 4.40. The Bertz CT molecular complexity index is 277. The van der Waals surface area contributed by atoms with Gasteiger partial charge in [-0.1, -0.05) is 0 Å². The number of nitrogens with zero attached hydrogens (tertiary/aromatic N) is 2. The Balaban J connectivity index is 2.08. The molecule has 0 bridgehead atoms. The van der Waals surface area contributed by atoms with Gasteiger partial charge in [0.25, 0.3) is 0 Å². The molecule has 0 radical (unpaired) electrons. The minimum absolute atomic E-state index is 0.488. The molecule has 0 spiro atoms. The number of carboxylic acid groups (broad SMARTS) is 1. The van der Waals surface area contributed by atoms with Crippen molar-refractivity contribution in [3.8, 4) is 0 Å². The van der Waals surface area contributed by atoms with Gasteiger partial charge in [-0.2, -0.15) is 0 Å². The smallest absolute Gasteiger partial charge is 0.404 e. The molecule has 0 aliphatic rings. The normalized spacial score (nSPS) is 9.71. The monoisotopic (exact) mass is 195 g/mol.